The Kier molecular flexibility index (Phi) is 3.70. The highest BCUT2D eigenvalue weighted by atomic mass is 32.1. The van der Waals surface area contributed by atoms with Gasteiger partial charge in [-0.15, -0.1) is 0 Å². The Balaban J connectivity index is 1.89. The molecule has 0 saturated carbocycles. The Labute approximate surface area is 134 Å². The van der Waals surface area contributed by atoms with E-state index in [1.807, 2.05) is 6.07 Å². The molecule has 8 nitrogen and oxygen atoms in total. The lowest BCUT2D eigenvalue weighted by Crippen LogP contribution is -2.16. The second-order valence-electron chi connectivity index (χ2n) is 4.68. The number of carboxylic acids is 1. The Morgan fingerprint density at radius 3 is 2.87 bits per heavy atom. The first-order chi connectivity index (χ1) is 11.0. The maximum atomic E-state index is 12.2. The summed E-state index contributed by atoms with van der Waals surface area (Å²) < 4.78 is 7.27. The van der Waals surface area contributed by atoms with Gasteiger partial charge in [-0.25, -0.2) is 9.78 Å². The van der Waals surface area contributed by atoms with E-state index in [4.69, 9.17) is 9.84 Å². The molecule has 0 aliphatic heterocycles. The molecular formula is C14H12N4O4S. The molecule has 23 heavy (non-hydrogen) atoms. The minimum atomic E-state index is -1.21. The number of rotatable bonds is 4. The number of aromatic carboxylic acids is 1. The van der Waals surface area contributed by atoms with Crippen LogP contribution in [0.3, 0.4) is 0 Å². The van der Waals surface area contributed by atoms with E-state index >= 15 is 0 Å². The van der Waals surface area contributed by atoms with Gasteiger partial charge < -0.3 is 9.84 Å². The predicted octanol–water partition coefficient (Wildman–Crippen LogP) is 1.99. The molecule has 9 heteroatoms. The van der Waals surface area contributed by atoms with Gasteiger partial charge in [-0.3, -0.25) is 14.8 Å². The third-order valence-electron chi connectivity index (χ3n) is 3.09. The number of hydrogen-bond donors (Lipinski definition) is 2. The maximum Gasteiger partial charge on any atom is 0.339 e. The van der Waals surface area contributed by atoms with Crippen LogP contribution in [0, 0.1) is 0 Å². The largest absolute Gasteiger partial charge is 0.497 e. The minimum Gasteiger partial charge on any atom is -0.497 e. The van der Waals surface area contributed by atoms with Crippen molar-refractivity contribution in [2.24, 2.45) is 7.05 Å². The van der Waals surface area contributed by atoms with Crippen molar-refractivity contribution in [2.75, 3.05) is 12.4 Å². The van der Waals surface area contributed by atoms with Crippen LogP contribution in [0.1, 0.15) is 20.8 Å². The zero-order valence-corrected chi connectivity index (χ0v) is 13.0. The van der Waals surface area contributed by atoms with Crippen molar-refractivity contribution in [3.8, 4) is 5.75 Å². The fraction of sp³-hybridized carbons (Fsp3) is 0.143. The highest BCUT2D eigenvalue weighted by Gasteiger charge is 2.22. The van der Waals surface area contributed by atoms with Gasteiger partial charge in [0.2, 0.25) is 0 Å². The number of nitrogens with one attached hydrogen (secondary N) is 1. The van der Waals surface area contributed by atoms with Crippen molar-refractivity contribution in [3.05, 3.63) is 35.7 Å². The van der Waals surface area contributed by atoms with Crippen LogP contribution < -0.4 is 10.1 Å². The number of ether oxygens (including phenoxy) is 1. The van der Waals surface area contributed by atoms with Gasteiger partial charge in [0.1, 0.15) is 11.3 Å². The van der Waals surface area contributed by atoms with Gasteiger partial charge in [-0.05, 0) is 18.2 Å². The third kappa shape index (κ3) is 2.86. The summed E-state index contributed by atoms with van der Waals surface area (Å²) in [5.41, 5.74) is 0.398. The van der Waals surface area contributed by atoms with Crippen molar-refractivity contribution < 1.29 is 19.4 Å². The molecule has 3 aromatic rings. The number of hydrogen-bond acceptors (Lipinski definition) is 6. The topological polar surface area (TPSA) is 106 Å². The summed E-state index contributed by atoms with van der Waals surface area (Å²) in [6.45, 7) is 0. The summed E-state index contributed by atoms with van der Waals surface area (Å²) >= 11 is 1.27. The first kappa shape index (κ1) is 15.0. The molecular weight excluding hydrogens is 320 g/mol. The highest BCUT2D eigenvalue weighted by molar-refractivity contribution is 7.22. The summed E-state index contributed by atoms with van der Waals surface area (Å²) in [6.07, 6.45) is 1.28. The molecule has 0 saturated heterocycles. The Bertz CT molecular complexity index is 915. The minimum absolute atomic E-state index is 0.156. The summed E-state index contributed by atoms with van der Waals surface area (Å²) in [6, 6.07) is 5.37. The van der Waals surface area contributed by atoms with E-state index in [1.165, 1.54) is 22.2 Å². The zero-order valence-electron chi connectivity index (χ0n) is 12.2. The lowest BCUT2D eigenvalue weighted by atomic mass is 10.2. The zero-order chi connectivity index (χ0) is 16.6. The molecule has 0 spiro atoms. The van der Waals surface area contributed by atoms with Crippen molar-refractivity contribution in [2.45, 2.75) is 0 Å². The van der Waals surface area contributed by atoms with Crippen LogP contribution in [0.15, 0.2) is 24.4 Å². The highest BCUT2D eigenvalue weighted by Crippen LogP contribution is 2.29. The standard InChI is InChI=1S/C14H12N4O4S/c1-18-6-8(13(20)21)11(17-18)12(19)16-14-15-9-4-3-7(22-2)5-10(9)23-14/h3-6H,1-2H3,(H,20,21)(H,15,16,19). The van der Waals surface area contributed by atoms with E-state index in [0.29, 0.717) is 16.4 Å². The number of aromatic nitrogens is 3. The van der Waals surface area contributed by atoms with Crippen LogP contribution in [-0.2, 0) is 7.05 Å². The molecule has 0 aliphatic rings. The molecule has 118 valence electrons. The number of anilines is 1. The average molecular weight is 332 g/mol. The first-order valence-electron chi connectivity index (χ1n) is 6.51. The number of carbonyl (C=O) groups is 2. The third-order valence-corrected chi connectivity index (χ3v) is 4.02. The van der Waals surface area contributed by atoms with E-state index in [0.717, 1.165) is 4.70 Å². The Morgan fingerprint density at radius 1 is 1.39 bits per heavy atom. The first-order valence-corrected chi connectivity index (χ1v) is 7.32. The lowest BCUT2D eigenvalue weighted by Gasteiger charge is -1.98. The molecule has 0 bridgehead atoms. The van der Waals surface area contributed by atoms with Gasteiger partial charge >= 0.3 is 5.97 Å². The quantitative estimate of drug-likeness (QED) is 0.757. The van der Waals surface area contributed by atoms with E-state index in [9.17, 15) is 9.59 Å². The maximum absolute atomic E-state index is 12.2. The van der Waals surface area contributed by atoms with E-state index < -0.39 is 11.9 Å². The summed E-state index contributed by atoms with van der Waals surface area (Å²) in [4.78, 5) is 27.7. The van der Waals surface area contributed by atoms with E-state index in [-0.39, 0.29) is 11.3 Å². The fourth-order valence-electron chi connectivity index (χ4n) is 2.05. The van der Waals surface area contributed by atoms with Gasteiger partial charge in [0.05, 0.1) is 17.3 Å². The number of thiazole rings is 1. The van der Waals surface area contributed by atoms with Crippen molar-refractivity contribution in [1.82, 2.24) is 14.8 Å². The molecule has 1 amide bonds. The van der Waals surface area contributed by atoms with Crippen molar-refractivity contribution >= 4 is 38.6 Å². The number of nitrogens with zero attached hydrogens (tertiary/aromatic N) is 3. The number of amides is 1. The molecule has 0 atom stereocenters. The van der Waals surface area contributed by atoms with Gasteiger partial charge in [0.25, 0.3) is 5.91 Å². The Hall–Kier alpha value is -2.94. The van der Waals surface area contributed by atoms with Crippen LogP contribution in [0.25, 0.3) is 10.2 Å². The molecule has 2 N–H and O–H groups in total. The monoisotopic (exact) mass is 332 g/mol. The van der Waals surface area contributed by atoms with Crippen molar-refractivity contribution in [3.63, 3.8) is 0 Å². The number of carbonyl (C=O) groups excluding carboxylic acids is 1. The van der Waals surface area contributed by atoms with E-state index in [2.05, 4.69) is 15.4 Å². The van der Waals surface area contributed by atoms with Crippen LogP contribution in [0.4, 0.5) is 5.13 Å². The van der Waals surface area contributed by atoms with Crippen LogP contribution in [0.5, 0.6) is 5.75 Å². The number of benzene rings is 1. The van der Waals surface area contributed by atoms with Crippen LogP contribution >= 0.6 is 11.3 Å². The molecule has 1 aromatic carbocycles. The smallest absolute Gasteiger partial charge is 0.339 e. The fourth-order valence-corrected chi connectivity index (χ4v) is 2.94. The number of methoxy groups -OCH3 is 1. The predicted molar refractivity (Wildman–Crippen MR) is 84.3 cm³/mol. The second kappa shape index (κ2) is 5.69. The lowest BCUT2D eigenvalue weighted by molar-refractivity contribution is 0.0692. The summed E-state index contributed by atoms with van der Waals surface area (Å²) in [5.74, 6) is -1.14. The van der Waals surface area contributed by atoms with Gasteiger partial charge in [0, 0.05) is 13.2 Å². The molecule has 0 aliphatic carbocycles. The normalized spacial score (nSPS) is 10.7. The molecule has 2 heterocycles. The summed E-state index contributed by atoms with van der Waals surface area (Å²) in [7, 11) is 3.12. The van der Waals surface area contributed by atoms with Crippen molar-refractivity contribution in [1.29, 1.82) is 0 Å². The SMILES string of the molecule is COc1ccc2nc(NC(=O)c3nn(C)cc3C(=O)O)sc2c1. The Morgan fingerprint density at radius 2 is 2.17 bits per heavy atom. The van der Waals surface area contributed by atoms with E-state index in [1.54, 1.807) is 26.3 Å². The molecule has 0 unspecified atom stereocenters. The second-order valence-corrected chi connectivity index (χ2v) is 5.71. The van der Waals surface area contributed by atoms with Crippen LogP contribution in [0.2, 0.25) is 0 Å². The molecule has 0 radical (unpaired) electrons. The average Bonchev–Trinajstić information content (AvgIpc) is 3.09. The number of carboxylic acid groups (broad SMARTS) is 1. The molecule has 0 fully saturated rings. The van der Waals surface area contributed by atoms with Gasteiger partial charge in [0.15, 0.2) is 10.8 Å². The van der Waals surface area contributed by atoms with Gasteiger partial charge in [-0.1, -0.05) is 11.3 Å². The van der Waals surface area contributed by atoms with Crippen LogP contribution in [-0.4, -0.2) is 38.9 Å². The molecule has 2 aromatic heterocycles. The van der Waals surface area contributed by atoms with Gasteiger partial charge in [-0.2, -0.15) is 5.10 Å². The number of aryl methyl sites for hydroxylation is 1. The number of fused-ring (bicyclic) bond motifs is 1. The molecule has 3 rings (SSSR count). The summed E-state index contributed by atoms with van der Waals surface area (Å²) in [5, 5.41) is 15.9.